The van der Waals surface area contributed by atoms with E-state index >= 15 is 0 Å². The summed E-state index contributed by atoms with van der Waals surface area (Å²) in [6.45, 7) is 5.26. The minimum Gasteiger partial charge on any atom is -0.480 e. The number of hydrogen-bond donors (Lipinski definition) is 3. The van der Waals surface area contributed by atoms with E-state index in [1.54, 1.807) is 38.1 Å². The van der Waals surface area contributed by atoms with Crippen molar-refractivity contribution in [2.24, 2.45) is 16.1 Å². The van der Waals surface area contributed by atoms with Crippen molar-refractivity contribution in [2.45, 2.75) is 50.6 Å². The number of carbonyl (C=O) groups is 4. The molecule has 2 atom stereocenters. The molecule has 212 valence electrons. The molecule has 13 heteroatoms. The van der Waals surface area contributed by atoms with Crippen molar-refractivity contribution in [1.82, 2.24) is 14.5 Å². The van der Waals surface area contributed by atoms with Crippen molar-refractivity contribution in [3.05, 3.63) is 65.2 Å². The van der Waals surface area contributed by atoms with Gasteiger partial charge in [-0.1, -0.05) is 43.7 Å². The maximum Gasteiger partial charge on any atom is 0.326 e. The predicted molar refractivity (Wildman–Crippen MR) is 145 cm³/mol. The highest BCUT2D eigenvalue weighted by Gasteiger charge is 2.56. The molecule has 2 aromatic carbocycles. The number of aliphatic imine (C=N–C) groups is 1. The number of benzene rings is 2. The first-order chi connectivity index (χ1) is 18.7. The van der Waals surface area contributed by atoms with Crippen LogP contribution in [0.1, 0.15) is 53.0 Å². The molecule has 3 amide bonds. The Labute approximate surface area is 231 Å². The molecular weight excluding hydrogens is 538 g/mol. The highest BCUT2D eigenvalue weighted by Crippen LogP contribution is 2.39. The number of aryl methyl sites for hydroxylation is 1. The fourth-order valence-electron chi connectivity index (χ4n) is 5.10. The number of aliphatic carboxylic acids is 1. The number of nitrogens with zero attached hydrogens (tertiary/aromatic N) is 3. The van der Waals surface area contributed by atoms with Gasteiger partial charge < -0.3 is 15.7 Å². The van der Waals surface area contributed by atoms with E-state index in [0.29, 0.717) is 0 Å². The number of carboxylic acid groups (broad SMARTS) is 1. The highest BCUT2D eigenvalue weighted by atomic mass is 32.2. The Morgan fingerprint density at radius 3 is 2.23 bits per heavy atom. The summed E-state index contributed by atoms with van der Waals surface area (Å²) < 4.78 is 27.1. The maximum absolute atomic E-state index is 13.5. The number of rotatable bonds is 9. The third-order valence-electron chi connectivity index (χ3n) is 7.07. The maximum atomic E-state index is 13.5. The largest absolute Gasteiger partial charge is 0.480 e. The van der Waals surface area contributed by atoms with Crippen LogP contribution in [0.4, 0.5) is 0 Å². The standard InChI is InChI=1S/C27H31N5O7S/c1-16-10-12-17(13-11-16)40(38,39)30-26(28)29-14-6-9-20(25(36)37)31-15-27(2,3)21(24(31)35)32-22(33)18-7-4-5-8-19(18)23(32)34/h4-5,7-8,10-13,20-21H,6,9,14-15H2,1-3H3,(H,36,37)(H3,28,29,30)/t20-,21+/m0/s1. The second-order valence-electron chi connectivity index (χ2n) is 10.6. The SMILES string of the molecule is Cc1ccc(S(=O)(=O)NC(N)=NCCC[C@@H](C(=O)O)N2CC(C)(C)[C@H](N3C(=O)c4ccccc4C3=O)C2=O)cc1. The van der Waals surface area contributed by atoms with E-state index in [-0.39, 0.29) is 47.9 Å². The topological polar surface area (TPSA) is 180 Å². The second-order valence-corrected chi connectivity index (χ2v) is 12.2. The fourth-order valence-corrected chi connectivity index (χ4v) is 6.06. The Morgan fingerprint density at radius 2 is 1.68 bits per heavy atom. The Hall–Kier alpha value is -4.26. The van der Waals surface area contributed by atoms with Crippen LogP contribution >= 0.6 is 0 Å². The van der Waals surface area contributed by atoms with Gasteiger partial charge in [-0.15, -0.1) is 0 Å². The zero-order chi connectivity index (χ0) is 29.4. The number of nitrogens with two attached hydrogens (primary N) is 1. The molecule has 1 saturated heterocycles. The lowest BCUT2D eigenvalue weighted by Gasteiger charge is -2.30. The number of imide groups is 1. The van der Waals surface area contributed by atoms with Crippen molar-refractivity contribution >= 4 is 39.7 Å². The van der Waals surface area contributed by atoms with Crippen LogP contribution in [0.15, 0.2) is 58.4 Å². The number of fused-ring (bicyclic) bond motifs is 1. The van der Waals surface area contributed by atoms with Crippen LogP contribution in [0, 0.1) is 12.3 Å². The van der Waals surface area contributed by atoms with Crippen molar-refractivity contribution in [2.75, 3.05) is 13.1 Å². The van der Waals surface area contributed by atoms with Crippen molar-refractivity contribution in [1.29, 1.82) is 0 Å². The van der Waals surface area contributed by atoms with E-state index in [2.05, 4.69) is 9.71 Å². The minimum atomic E-state index is -3.93. The first-order valence-electron chi connectivity index (χ1n) is 12.6. The molecule has 12 nitrogen and oxygen atoms in total. The Morgan fingerprint density at radius 1 is 1.10 bits per heavy atom. The minimum absolute atomic E-state index is 0.000705. The van der Waals surface area contributed by atoms with Gasteiger partial charge in [-0.2, -0.15) is 0 Å². The highest BCUT2D eigenvalue weighted by molar-refractivity contribution is 7.90. The molecule has 0 aliphatic carbocycles. The van der Waals surface area contributed by atoms with E-state index in [9.17, 15) is 32.7 Å². The smallest absolute Gasteiger partial charge is 0.326 e. The number of carboxylic acids is 1. The summed E-state index contributed by atoms with van der Waals surface area (Å²) in [7, 11) is -3.93. The van der Waals surface area contributed by atoms with E-state index in [1.165, 1.54) is 29.2 Å². The van der Waals surface area contributed by atoms with E-state index in [4.69, 9.17) is 5.73 Å². The summed E-state index contributed by atoms with van der Waals surface area (Å²) >= 11 is 0. The quantitative estimate of drug-likeness (QED) is 0.175. The molecule has 40 heavy (non-hydrogen) atoms. The molecular formula is C27H31N5O7S. The number of carbonyl (C=O) groups excluding carboxylic acids is 3. The van der Waals surface area contributed by atoms with Gasteiger partial charge in [0.25, 0.3) is 21.8 Å². The lowest BCUT2D eigenvalue weighted by atomic mass is 9.86. The molecule has 0 bridgehead atoms. The molecule has 0 spiro atoms. The van der Waals surface area contributed by atoms with Crippen LogP contribution in [0.3, 0.4) is 0 Å². The Balaban J connectivity index is 1.42. The number of guanidine groups is 1. The summed E-state index contributed by atoms with van der Waals surface area (Å²) in [4.78, 5) is 58.0. The number of nitrogens with one attached hydrogen (secondary N) is 1. The molecule has 1 fully saturated rings. The van der Waals surface area contributed by atoms with Crippen LogP contribution in [0.2, 0.25) is 0 Å². The summed E-state index contributed by atoms with van der Waals surface area (Å²) in [5.74, 6) is -3.39. The van der Waals surface area contributed by atoms with Gasteiger partial charge in [-0.3, -0.25) is 24.3 Å². The predicted octanol–water partition coefficient (Wildman–Crippen LogP) is 1.35. The normalized spacial score (nSPS) is 19.6. The second kappa shape index (κ2) is 10.7. The molecule has 2 aromatic rings. The van der Waals surface area contributed by atoms with Gasteiger partial charge in [0.05, 0.1) is 16.0 Å². The van der Waals surface area contributed by atoms with Crippen LogP contribution in [-0.4, -0.2) is 78.1 Å². The number of hydrogen-bond acceptors (Lipinski definition) is 7. The summed E-state index contributed by atoms with van der Waals surface area (Å²) in [6.07, 6.45) is 0.166. The molecule has 0 aromatic heterocycles. The average molecular weight is 570 g/mol. The Bertz CT molecular complexity index is 1470. The van der Waals surface area contributed by atoms with E-state index in [0.717, 1.165) is 10.5 Å². The summed E-state index contributed by atoms with van der Waals surface area (Å²) in [5, 5.41) is 9.93. The van der Waals surface area contributed by atoms with Crippen molar-refractivity contribution < 1.29 is 32.7 Å². The van der Waals surface area contributed by atoms with Crippen molar-refractivity contribution in [3.8, 4) is 0 Å². The third kappa shape index (κ3) is 5.41. The van der Waals surface area contributed by atoms with Gasteiger partial charge in [-0.05, 0) is 44.0 Å². The summed E-state index contributed by atoms with van der Waals surface area (Å²) in [5.41, 5.74) is 6.14. The number of likely N-dealkylation sites (tertiary alicyclic amines) is 1. The zero-order valence-corrected chi connectivity index (χ0v) is 23.1. The first-order valence-corrected chi connectivity index (χ1v) is 14.1. The first kappa shape index (κ1) is 28.7. The van der Waals surface area contributed by atoms with Crippen molar-refractivity contribution in [3.63, 3.8) is 0 Å². The molecule has 4 rings (SSSR count). The third-order valence-corrected chi connectivity index (χ3v) is 8.44. The summed E-state index contributed by atoms with van der Waals surface area (Å²) in [6, 6.07) is 10.1. The molecule has 0 unspecified atom stereocenters. The number of amides is 3. The van der Waals surface area contributed by atoms with E-state index in [1.807, 2.05) is 6.92 Å². The average Bonchev–Trinajstić information content (AvgIpc) is 3.26. The lowest BCUT2D eigenvalue weighted by molar-refractivity contribution is -0.149. The fraction of sp³-hybridized carbons (Fsp3) is 0.370. The van der Waals surface area contributed by atoms with Crippen LogP contribution in [0.5, 0.6) is 0 Å². The molecule has 4 N–H and O–H groups in total. The molecule has 2 aliphatic rings. The monoisotopic (exact) mass is 569 g/mol. The van der Waals surface area contributed by atoms with Crippen LogP contribution < -0.4 is 10.5 Å². The molecule has 0 saturated carbocycles. The molecule has 2 aliphatic heterocycles. The van der Waals surface area contributed by atoms with Gasteiger partial charge in [0, 0.05) is 18.5 Å². The van der Waals surface area contributed by atoms with E-state index < -0.39 is 51.2 Å². The van der Waals surface area contributed by atoms with Crippen LogP contribution in [0.25, 0.3) is 0 Å². The van der Waals surface area contributed by atoms with Gasteiger partial charge in [0.15, 0.2) is 0 Å². The van der Waals surface area contributed by atoms with Gasteiger partial charge in [0.1, 0.15) is 12.1 Å². The van der Waals surface area contributed by atoms with Gasteiger partial charge in [0.2, 0.25) is 11.9 Å². The number of sulfonamides is 1. The van der Waals surface area contributed by atoms with Crippen LogP contribution in [-0.2, 0) is 19.6 Å². The zero-order valence-electron chi connectivity index (χ0n) is 22.3. The lowest BCUT2D eigenvalue weighted by Crippen LogP contribution is -2.51. The van der Waals surface area contributed by atoms with Gasteiger partial charge in [-0.25, -0.2) is 17.9 Å². The Kier molecular flexibility index (Phi) is 7.70. The van der Waals surface area contributed by atoms with Gasteiger partial charge >= 0.3 is 5.97 Å². The molecule has 2 heterocycles. The molecule has 0 radical (unpaired) electrons.